The summed E-state index contributed by atoms with van der Waals surface area (Å²) >= 11 is 0. The fraction of sp³-hybridized carbons (Fsp3) is 0.938. The maximum atomic E-state index is 12.8. The number of carbonyl (C=O) groups is 1. The molecule has 0 aromatic heterocycles. The van der Waals surface area contributed by atoms with Crippen molar-refractivity contribution in [2.24, 2.45) is 5.92 Å². The molecule has 3 unspecified atom stereocenters. The number of rotatable bonds is 4. The van der Waals surface area contributed by atoms with Gasteiger partial charge in [0.15, 0.2) is 0 Å². The number of amides is 1. The van der Waals surface area contributed by atoms with Crippen molar-refractivity contribution in [2.75, 3.05) is 0 Å². The van der Waals surface area contributed by atoms with Gasteiger partial charge in [0.25, 0.3) is 0 Å². The Labute approximate surface area is 118 Å². The van der Waals surface area contributed by atoms with E-state index in [1.54, 1.807) is 0 Å². The summed E-state index contributed by atoms with van der Waals surface area (Å²) in [6.45, 7) is 6.56. The van der Waals surface area contributed by atoms with Gasteiger partial charge in [0.05, 0.1) is 12.2 Å². The molecule has 2 fully saturated rings. The zero-order valence-corrected chi connectivity index (χ0v) is 12.8. The largest absolute Gasteiger partial charge is 0.323 e. The summed E-state index contributed by atoms with van der Waals surface area (Å²) in [5.41, 5.74) is 0. The molecule has 0 aromatic carbocycles. The molecule has 1 saturated heterocycles. The molecule has 3 nitrogen and oxygen atoms in total. The number of hydrogen-bond acceptors (Lipinski definition) is 2. The van der Waals surface area contributed by atoms with Gasteiger partial charge in [-0.05, 0) is 25.2 Å². The van der Waals surface area contributed by atoms with Crippen LogP contribution in [-0.4, -0.2) is 29.1 Å². The number of hydrogen-bond donors (Lipinski definition) is 1. The van der Waals surface area contributed by atoms with E-state index in [0.29, 0.717) is 17.9 Å². The van der Waals surface area contributed by atoms with E-state index < -0.39 is 0 Å². The Hall–Kier alpha value is -0.570. The van der Waals surface area contributed by atoms with Crippen LogP contribution in [0.1, 0.15) is 72.1 Å². The van der Waals surface area contributed by atoms with Crippen LogP contribution < -0.4 is 5.32 Å². The molecule has 0 bridgehead atoms. The molecule has 0 aromatic rings. The van der Waals surface area contributed by atoms with E-state index in [9.17, 15) is 4.79 Å². The van der Waals surface area contributed by atoms with Crippen LogP contribution in [0.4, 0.5) is 0 Å². The van der Waals surface area contributed by atoms with Gasteiger partial charge in [-0.2, -0.15) is 0 Å². The smallest absolute Gasteiger partial charge is 0.241 e. The predicted molar refractivity (Wildman–Crippen MR) is 78.8 cm³/mol. The monoisotopic (exact) mass is 266 g/mol. The van der Waals surface area contributed by atoms with Gasteiger partial charge in [0, 0.05) is 6.04 Å². The van der Waals surface area contributed by atoms with Gasteiger partial charge in [-0.25, -0.2) is 0 Å². The normalized spacial score (nSPS) is 31.5. The SMILES string of the molecule is CCC(C)C1NC(CC)N(C2CCCCCC2)C1=O. The Morgan fingerprint density at radius 3 is 2.37 bits per heavy atom. The molecule has 1 aliphatic heterocycles. The maximum Gasteiger partial charge on any atom is 0.241 e. The summed E-state index contributed by atoms with van der Waals surface area (Å²) in [6, 6.07) is 0.541. The highest BCUT2D eigenvalue weighted by atomic mass is 16.2. The fourth-order valence-corrected chi connectivity index (χ4v) is 3.60. The Morgan fingerprint density at radius 1 is 1.21 bits per heavy atom. The van der Waals surface area contributed by atoms with E-state index in [1.807, 2.05) is 0 Å². The zero-order valence-electron chi connectivity index (χ0n) is 12.8. The van der Waals surface area contributed by atoms with E-state index in [-0.39, 0.29) is 12.2 Å². The Balaban J connectivity index is 2.10. The number of nitrogens with zero attached hydrogens (tertiary/aromatic N) is 1. The highest BCUT2D eigenvalue weighted by Crippen LogP contribution is 2.29. The zero-order chi connectivity index (χ0) is 13.8. The van der Waals surface area contributed by atoms with Gasteiger partial charge in [-0.3, -0.25) is 10.1 Å². The third-order valence-electron chi connectivity index (χ3n) is 5.05. The lowest BCUT2D eigenvalue weighted by molar-refractivity contribution is -0.133. The minimum absolute atomic E-state index is 0.0539. The molecule has 3 heteroatoms. The Bertz CT molecular complexity index is 297. The fourth-order valence-electron chi connectivity index (χ4n) is 3.60. The summed E-state index contributed by atoms with van der Waals surface area (Å²) in [6.07, 6.45) is 10.0. The van der Waals surface area contributed by atoms with Gasteiger partial charge >= 0.3 is 0 Å². The number of nitrogens with one attached hydrogen (secondary N) is 1. The van der Waals surface area contributed by atoms with Crippen LogP contribution in [0.15, 0.2) is 0 Å². The predicted octanol–water partition coefficient (Wildman–Crippen LogP) is 3.29. The summed E-state index contributed by atoms with van der Waals surface area (Å²) in [7, 11) is 0. The Morgan fingerprint density at radius 2 is 1.84 bits per heavy atom. The summed E-state index contributed by atoms with van der Waals surface area (Å²) in [5, 5.41) is 3.59. The maximum absolute atomic E-state index is 12.8. The van der Waals surface area contributed by atoms with Gasteiger partial charge in [-0.1, -0.05) is 52.9 Å². The van der Waals surface area contributed by atoms with Gasteiger partial charge in [-0.15, -0.1) is 0 Å². The average Bonchev–Trinajstić information content (AvgIpc) is 2.61. The first kappa shape index (κ1) is 14.8. The van der Waals surface area contributed by atoms with Crippen molar-refractivity contribution >= 4 is 5.91 Å². The van der Waals surface area contributed by atoms with Crippen LogP contribution in [0.25, 0.3) is 0 Å². The van der Waals surface area contributed by atoms with Crippen molar-refractivity contribution in [3.05, 3.63) is 0 Å². The molecule has 110 valence electrons. The molecular weight excluding hydrogens is 236 g/mol. The molecule has 2 aliphatic rings. The third kappa shape index (κ3) is 3.13. The first-order valence-corrected chi connectivity index (χ1v) is 8.27. The van der Waals surface area contributed by atoms with Crippen molar-refractivity contribution in [3.63, 3.8) is 0 Å². The molecule has 1 N–H and O–H groups in total. The molecule has 0 radical (unpaired) electrons. The van der Waals surface area contributed by atoms with Crippen molar-refractivity contribution < 1.29 is 4.79 Å². The Kier molecular flexibility index (Phi) is 5.26. The quantitative estimate of drug-likeness (QED) is 0.792. The highest BCUT2D eigenvalue weighted by molar-refractivity contribution is 5.85. The summed E-state index contributed by atoms with van der Waals surface area (Å²) in [5.74, 6) is 0.811. The summed E-state index contributed by atoms with van der Waals surface area (Å²) in [4.78, 5) is 15.0. The van der Waals surface area contributed by atoms with Crippen molar-refractivity contribution in [3.8, 4) is 0 Å². The molecule has 1 amide bonds. The average molecular weight is 266 g/mol. The van der Waals surface area contributed by atoms with E-state index in [0.717, 1.165) is 12.8 Å². The van der Waals surface area contributed by atoms with Gasteiger partial charge in [0.2, 0.25) is 5.91 Å². The lowest BCUT2D eigenvalue weighted by atomic mass is 9.98. The van der Waals surface area contributed by atoms with Crippen LogP contribution >= 0.6 is 0 Å². The lowest BCUT2D eigenvalue weighted by Crippen LogP contribution is -2.44. The van der Waals surface area contributed by atoms with Crippen LogP contribution in [0.3, 0.4) is 0 Å². The van der Waals surface area contributed by atoms with Gasteiger partial charge < -0.3 is 4.90 Å². The van der Waals surface area contributed by atoms with Crippen molar-refractivity contribution in [2.45, 2.75) is 90.4 Å². The van der Waals surface area contributed by atoms with E-state index in [1.165, 1.54) is 38.5 Å². The molecule has 1 heterocycles. The van der Waals surface area contributed by atoms with E-state index in [4.69, 9.17) is 0 Å². The highest BCUT2D eigenvalue weighted by Gasteiger charge is 2.43. The topological polar surface area (TPSA) is 32.3 Å². The summed E-state index contributed by atoms with van der Waals surface area (Å²) < 4.78 is 0. The molecular formula is C16H30N2O. The molecule has 1 saturated carbocycles. The molecule has 2 rings (SSSR count). The van der Waals surface area contributed by atoms with Crippen LogP contribution in [0.5, 0.6) is 0 Å². The van der Waals surface area contributed by atoms with E-state index >= 15 is 0 Å². The van der Waals surface area contributed by atoms with Crippen LogP contribution in [-0.2, 0) is 4.79 Å². The first-order chi connectivity index (χ1) is 9.19. The second-order valence-electron chi connectivity index (χ2n) is 6.34. The van der Waals surface area contributed by atoms with Crippen molar-refractivity contribution in [1.29, 1.82) is 0 Å². The molecule has 1 aliphatic carbocycles. The van der Waals surface area contributed by atoms with Crippen LogP contribution in [0, 0.1) is 5.92 Å². The molecule has 19 heavy (non-hydrogen) atoms. The van der Waals surface area contributed by atoms with E-state index in [2.05, 4.69) is 31.0 Å². The molecule has 3 atom stereocenters. The first-order valence-electron chi connectivity index (χ1n) is 8.27. The second kappa shape index (κ2) is 6.74. The number of carbonyl (C=O) groups excluding carboxylic acids is 1. The molecule has 0 spiro atoms. The van der Waals surface area contributed by atoms with Crippen molar-refractivity contribution in [1.82, 2.24) is 10.2 Å². The minimum atomic E-state index is 0.0539. The minimum Gasteiger partial charge on any atom is -0.323 e. The lowest BCUT2D eigenvalue weighted by Gasteiger charge is -2.31. The third-order valence-corrected chi connectivity index (χ3v) is 5.05. The standard InChI is InChI=1S/C16H30N2O/c1-4-12(3)15-16(19)18(14(5-2)17-15)13-10-8-6-7-9-11-13/h12-15,17H,4-11H2,1-3H3. The van der Waals surface area contributed by atoms with Gasteiger partial charge in [0.1, 0.15) is 0 Å². The van der Waals surface area contributed by atoms with Crippen LogP contribution in [0.2, 0.25) is 0 Å². The second-order valence-corrected chi connectivity index (χ2v) is 6.34.